The van der Waals surface area contributed by atoms with Crippen LogP contribution in [0.3, 0.4) is 0 Å². The molecule has 0 saturated heterocycles. The van der Waals surface area contributed by atoms with Crippen molar-refractivity contribution in [2.24, 2.45) is 5.92 Å². The van der Waals surface area contributed by atoms with Gasteiger partial charge in [-0.2, -0.15) is 5.10 Å². The predicted octanol–water partition coefficient (Wildman–Crippen LogP) is 2.63. The number of carbonyl (C=O) groups excluding carboxylic acids is 1. The Morgan fingerprint density at radius 1 is 1.50 bits per heavy atom. The van der Waals surface area contributed by atoms with E-state index in [2.05, 4.69) is 24.3 Å². The zero-order valence-corrected chi connectivity index (χ0v) is 14.1. The van der Waals surface area contributed by atoms with Crippen LogP contribution >= 0.6 is 11.3 Å². The molecular weight excluding hydrogens is 298 g/mol. The van der Waals surface area contributed by atoms with Crippen molar-refractivity contribution >= 4 is 17.2 Å². The van der Waals surface area contributed by atoms with Crippen molar-refractivity contribution in [1.82, 2.24) is 15.1 Å². The number of hydrogen-bond acceptors (Lipinski definition) is 4. The van der Waals surface area contributed by atoms with Gasteiger partial charge in [0.25, 0.3) is 5.91 Å². The highest BCUT2D eigenvalue weighted by Gasteiger charge is 2.17. The summed E-state index contributed by atoms with van der Waals surface area (Å²) in [7, 11) is 0. The van der Waals surface area contributed by atoms with E-state index in [1.54, 1.807) is 4.68 Å². The van der Waals surface area contributed by atoms with Gasteiger partial charge >= 0.3 is 0 Å². The topological polar surface area (TPSA) is 67.2 Å². The number of aryl methyl sites for hydroxylation is 1. The second kappa shape index (κ2) is 7.56. The molecule has 2 heterocycles. The fourth-order valence-corrected chi connectivity index (χ4v) is 2.99. The summed E-state index contributed by atoms with van der Waals surface area (Å²) in [4.78, 5) is 13.2. The molecule has 0 aromatic carbocycles. The number of aliphatic hydroxyl groups excluding tert-OH is 1. The monoisotopic (exact) mass is 321 g/mol. The van der Waals surface area contributed by atoms with E-state index < -0.39 is 6.10 Å². The van der Waals surface area contributed by atoms with Crippen molar-refractivity contribution in [2.75, 3.05) is 6.54 Å². The largest absolute Gasteiger partial charge is 0.386 e. The Morgan fingerprint density at radius 2 is 2.27 bits per heavy atom. The minimum absolute atomic E-state index is 0.194. The molecule has 0 radical (unpaired) electrons. The Labute approximate surface area is 135 Å². The number of rotatable bonds is 7. The maximum Gasteiger partial charge on any atom is 0.269 e. The smallest absolute Gasteiger partial charge is 0.269 e. The summed E-state index contributed by atoms with van der Waals surface area (Å²) in [5.74, 6) is 0.303. The van der Waals surface area contributed by atoms with Crippen LogP contribution in [0.25, 0.3) is 0 Å². The minimum Gasteiger partial charge on any atom is -0.386 e. The van der Waals surface area contributed by atoms with Crippen molar-refractivity contribution in [3.05, 3.63) is 39.8 Å². The van der Waals surface area contributed by atoms with Crippen molar-refractivity contribution < 1.29 is 9.90 Å². The number of thiophene rings is 1. The quantitative estimate of drug-likeness (QED) is 0.824. The number of nitrogens with zero attached hydrogens (tertiary/aromatic N) is 2. The van der Waals surface area contributed by atoms with Gasteiger partial charge in [0.1, 0.15) is 11.8 Å². The number of carbonyl (C=O) groups is 1. The van der Waals surface area contributed by atoms with E-state index in [1.165, 1.54) is 11.3 Å². The van der Waals surface area contributed by atoms with E-state index in [4.69, 9.17) is 0 Å². The van der Waals surface area contributed by atoms with Gasteiger partial charge in [0.05, 0.1) is 5.69 Å². The maximum atomic E-state index is 12.3. The average Bonchev–Trinajstić information content (AvgIpc) is 3.12. The first-order chi connectivity index (χ1) is 10.5. The summed E-state index contributed by atoms with van der Waals surface area (Å²) >= 11 is 1.48. The zero-order chi connectivity index (χ0) is 16.1. The second-order valence-electron chi connectivity index (χ2n) is 5.68. The molecule has 0 aliphatic rings. The third-order valence-electron chi connectivity index (χ3n) is 3.31. The van der Waals surface area contributed by atoms with Gasteiger partial charge in [-0.25, -0.2) is 0 Å². The molecule has 0 aliphatic carbocycles. The van der Waals surface area contributed by atoms with Gasteiger partial charge < -0.3 is 10.4 Å². The van der Waals surface area contributed by atoms with Crippen molar-refractivity contribution in [1.29, 1.82) is 0 Å². The van der Waals surface area contributed by atoms with Gasteiger partial charge in [0.2, 0.25) is 0 Å². The third-order valence-corrected chi connectivity index (χ3v) is 4.28. The van der Waals surface area contributed by atoms with Crippen molar-refractivity contribution in [3.63, 3.8) is 0 Å². The standard InChI is InChI=1S/C16H23N3O2S/c1-4-19-13(9-12(18-19)8-11(2)3)16(21)17-10-14(20)15-6-5-7-22-15/h5-7,9,11,14,20H,4,8,10H2,1-3H3,(H,17,21)/t14-/m0/s1. The second-order valence-corrected chi connectivity index (χ2v) is 6.66. The Kier molecular flexibility index (Phi) is 5.74. The highest BCUT2D eigenvalue weighted by atomic mass is 32.1. The molecule has 120 valence electrons. The highest BCUT2D eigenvalue weighted by Crippen LogP contribution is 2.18. The van der Waals surface area contributed by atoms with Gasteiger partial charge in [-0.3, -0.25) is 9.48 Å². The Morgan fingerprint density at radius 3 is 2.86 bits per heavy atom. The predicted molar refractivity (Wildman–Crippen MR) is 88.1 cm³/mol. The molecule has 0 bridgehead atoms. The Hall–Kier alpha value is -1.66. The van der Waals surface area contributed by atoms with Gasteiger partial charge in [0.15, 0.2) is 0 Å². The molecule has 1 amide bonds. The third kappa shape index (κ3) is 4.18. The molecule has 2 aromatic rings. The number of nitrogens with one attached hydrogen (secondary N) is 1. The molecule has 6 heteroatoms. The van der Waals surface area contributed by atoms with Crippen LogP contribution in [0.2, 0.25) is 0 Å². The molecule has 0 spiro atoms. The Bertz CT molecular complexity index is 605. The number of hydrogen-bond donors (Lipinski definition) is 2. The molecule has 22 heavy (non-hydrogen) atoms. The molecule has 2 rings (SSSR count). The van der Waals surface area contributed by atoms with Crippen LogP contribution in [0.1, 0.15) is 47.9 Å². The number of aromatic nitrogens is 2. The zero-order valence-electron chi connectivity index (χ0n) is 13.2. The first kappa shape index (κ1) is 16.7. The lowest BCUT2D eigenvalue weighted by Gasteiger charge is -2.10. The van der Waals surface area contributed by atoms with E-state index in [0.717, 1.165) is 17.0 Å². The fraction of sp³-hybridized carbons (Fsp3) is 0.500. The van der Waals surface area contributed by atoms with E-state index in [-0.39, 0.29) is 12.5 Å². The van der Waals surface area contributed by atoms with E-state index in [0.29, 0.717) is 18.2 Å². The molecule has 2 N–H and O–H groups in total. The molecule has 0 fully saturated rings. The van der Waals surface area contributed by atoms with Crippen LogP contribution in [0.15, 0.2) is 23.6 Å². The molecule has 0 unspecified atom stereocenters. The first-order valence-corrected chi connectivity index (χ1v) is 8.45. The average molecular weight is 321 g/mol. The van der Waals surface area contributed by atoms with Crippen LogP contribution < -0.4 is 5.32 Å². The molecule has 2 aromatic heterocycles. The SMILES string of the molecule is CCn1nc(CC(C)C)cc1C(=O)NC[C@H](O)c1cccs1. The maximum absolute atomic E-state index is 12.3. The van der Waals surface area contributed by atoms with Gasteiger partial charge in [-0.15, -0.1) is 11.3 Å². The van der Waals surface area contributed by atoms with E-state index in [9.17, 15) is 9.90 Å². The van der Waals surface area contributed by atoms with Crippen LogP contribution in [-0.2, 0) is 13.0 Å². The van der Waals surface area contributed by atoms with Crippen LogP contribution in [-0.4, -0.2) is 27.3 Å². The highest BCUT2D eigenvalue weighted by molar-refractivity contribution is 7.10. The summed E-state index contributed by atoms with van der Waals surface area (Å²) in [5.41, 5.74) is 1.48. The Balaban J connectivity index is 2.01. The van der Waals surface area contributed by atoms with Crippen LogP contribution in [0, 0.1) is 5.92 Å². The molecule has 0 aliphatic heterocycles. The van der Waals surface area contributed by atoms with Crippen LogP contribution in [0.5, 0.6) is 0 Å². The normalized spacial score (nSPS) is 12.6. The molecular formula is C16H23N3O2S. The summed E-state index contributed by atoms with van der Waals surface area (Å²) in [5, 5.41) is 19.2. The summed E-state index contributed by atoms with van der Waals surface area (Å²) in [6, 6.07) is 5.59. The van der Waals surface area contributed by atoms with Crippen LogP contribution in [0.4, 0.5) is 0 Å². The summed E-state index contributed by atoms with van der Waals surface area (Å²) in [6.07, 6.45) is 0.183. The lowest BCUT2D eigenvalue weighted by atomic mass is 10.1. The summed E-state index contributed by atoms with van der Waals surface area (Å²) < 4.78 is 1.71. The van der Waals surface area contributed by atoms with Gasteiger partial charge in [0, 0.05) is 18.0 Å². The molecule has 1 atom stereocenters. The lowest BCUT2D eigenvalue weighted by Crippen LogP contribution is -2.30. The number of aliphatic hydroxyl groups is 1. The van der Waals surface area contributed by atoms with E-state index in [1.807, 2.05) is 30.5 Å². The lowest BCUT2D eigenvalue weighted by molar-refractivity contribution is 0.0907. The summed E-state index contributed by atoms with van der Waals surface area (Å²) in [6.45, 7) is 7.07. The van der Waals surface area contributed by atoms with E-state index >= 15 is 0 Å². The molecule has 5 nitrogen and oxygen atoms in total. The van der Waals surface area contributed by atoms with Crippen molar-refractivity contribution in [2.45, 2.75) is 39.8 Å². The first-order valence-electron chi connectivity index (χ1n) is 7.57. The number of amides is 1. The van der Waals surface area contributed by atoms with Gasteiger partial charge in [-0.05, 0) is 36.8 Å². The van der Waals surface area contributed by atoms with Gasteiger partial charge in [-0.1, -0.05) is 19.9 Å². The fourth-order valence-electron chi connectivity index (χ4n) is 2.27. The molecule has 0 saturated carbocycles. The van der Waals surface area contributed by atoms with Crippen molar-refractivity contribution in [3.8, 4) is 0 Å². The minimum atomic E-state index is -0.669.